The number of aromatic nitrogens is 1. The Labute approximate surface area is 230 Å². The van der Waals surface area contributed by atoms with Crippen molar-refractivity contribution in [3.63, 3.8) is 0 Å². The fourth-order valence-corrected chi connectivity index (χ4v) is 5.12. The van der Waals surface area contributed by atoms with Crippen LogP contribution in [0, 0.1) is 13.8 Å². The third kappa shape index (κ3) is 5.55. The maximum atomic E-state index is 13.7. The predicted molar refractivity (Wildman–Crippen MR) is 145 cm³/mol. The summed E-state index contributed by atoms with van der Waals surface area (Å²) >= 11 is 0.673. The largest absolute Gasteiger partial charge is 0.486 e. The first-order valence-corrected chi connectivity index (χ1v) is 12.8. The number of furan rings is 1. The summed E-state index contributed by atoms with van der Waals surface area (Å²) in [5, 5.41) is 2.79. The number of carbonyl (C=O) groups excluding carboxylic acids is 2. The van der Waals surface area contributed by atoms with Crippen molar-refractivity contribution in [1.29, 1.82) is 0 Å². The molecule has 0 aliphatic rings. The average molecular weight is 566 g/mol. The molecule has 0 aliphatic heterocycles. The number of primary amides is 1. The number of fused-ring (bicyclic) bond motifs is 1. The topological polar surface area (TPSA) is 107 Å². The zero-order valence-corrected chi connectivity index (χ0v) is 22.1. The van der Waals surface area contributed by atoms with E-state index in [0.717, 1.165) is 17.2 Å². The van der Waals surface area contributed by atoms with E-state index in [-0.39, 0.29) is 38.7 Å². The highest BCUT2D eigenvalue weighted by Gasteiger charge is 2.35. The number of alkyl halides is 3. The maximum absolute atomic E-state index is 13.7. The third-order valence-electron chi connectivity index (χ3n) is 6.03. The minimum Gasteiger partial charge on any atom is -0.486 e. The normalized spacial score (nSPS) is 11.5. The number of aryl methyl sites for hydroxylation is 2. The van der Waals surface area contributed by atoms with Crippen molar-refractivity contribution in [1.82, 2.24) is 4.98 Å². The smallest absolute Gasteiger partial charge is 0.433 e. The Balaban J connectivity index is 1.52. The van der Waals surface area contributed by atoms with Gasteiger partial charge >= 0.3 is 6.18 Å². The van der Waals surface area contributed by atoms with Crippen LogP contribution in [0.4, 0.5) is 18.9 Å². The number of hydrogen-bond acceptors (Lipinski definition) is 6. The lowest BCUT2D eigenvalue weighted by molar-refractivity contribution is -0.140. The van der Waals surface area contributed by atoms with E-state index in [9.17, 15) is 22.8 Å². The van der Waals surface area contributed by atoms with Gasteiger partial charge in [0.25, 0.3) is 11.8 Å². The highest BCUT2D eigenvalue weighted by molar-refractivity contribution is 7.21. The molecule has 204 valence electrons. The number of benzene rings is 2. The molecule has 3 heterocycles. The van der Waals surface area contributed by atoms with Crippen LogP contribution in [-0.2, 0) is 12.8 Å². The zero-order valence-electron chi connectivity index (χ0n) is 21.3. The number of halogens is 3. The zero-order chi connectivity index (χ0) is 28.6. The second-order valence-electron chi connectivity index (χ2n) is 9.09. The molecule has 0 atom stereocenters. The van der Waals surface area contributed by atoms with E-state index in [0.29, 0.717) is 28.4 Å². The molecule has 40 heavy (non-hydrogen) atoms. The van der Waals surface area contributed by atoms with Gasteiger partial charge in [-0.25, -0.2) is 4.98 Å². The second-order valence-corrected chi connectivity index (χ2v) is 10.1. The number of hydrogen-bond donors (Lipinski definition) is 2. The fourth-order valence-electron chi connectivity index (χ4n) is 4.11. The molecule has 0 bridgehead atoms. The lowest BCUT2D eigenvalue weighted by Crippen LogP contribution is -2.16. The summed E-state index contributed by atoms with van der Waals surface area (Å²) in [5.74, 6) is -0.733. The highest BCUT2D eigenvalue weighted by atomic mass is 32.1. The lowest BCUT2D eigenvalue weighted by Gasteiger charge is -2.12. The van der Waals surface area contributed by atoms with E-state index in [1.165, 1.54) is 6.07 Å². The number of nitrogens with two attached hydrogens (primary N) is 1. The Morgan fingerprint density at radius 3 is 2.45 bits per heavy atom. The molecule has 0 fully saturated rings. The number of anilines is 1. The summed E-state index contributed by atoms with van der Waals surface area (Å²) < 4.78 is 52.5. The van der Waals surface area contributed by atoms with Crippen LogP contribution in [0.1, 0.15) is 42.8 Å². The van der Waals surface area contributed by atoms with Crippen LogP contribution in [0.3, 0.4) is 0 Å². The molecule has 0 unspecified atom stereocenters. The number of nitrogens with zero attached hydrogens (tertiary/aromatic N) is 1. The van der Waals surface area contributed by atoms with Crippen molar-refractivity contribution in [2.24, 2.45) is 5.73 Å². The Kier molecular flexibility index (Phi) is 7.07. The molecule has 0 radical (unpaired) electrons. The molecule has 5 rings (SSSR count). The third-order valence-corrected chi connectivity index (χ3v) is 7.13. The van der Waals surface area contributed by atoms with Gasteiger partial charge in [-0.3, -0.25) is 9.59 Å². The average Bonchev–Trinajstić information content (AvgIpc) is 3.52. The van der Waals surface area contributed by atoms with Crippen LogP contribution < -0.4 is 15.8 Å². The van der Waals surface area contributed by atoms with Crippen molar-refractivity contribution in [2.75, 3.05) is 5.32 Å². The van der Waals surface area contributed by atoms with Crippen molar-refractivity contribution in [2.45, 2.75) is 26.6 Å². The molecule has 0 spiro atoms. The van der Waals surface area contributed by atoms with Crippen molar-refractivity contribution in [3.8, 4) is 16.9 Å². The molecule has 0 saturated carbocycles. The van der Waals surface area contributed by atoms with Crippen molar-refractivity contribution >= 4 is 39.1 Å². The van der Waals surface area contributed by atoms with Gasteiger partial charge in [0.2, 0.25) is 0 Å². The van der Waals surface area contributed by atoms with Crippen LogP contribution in [0.15, 0.2) is 71.1 Å². The molecule has 11 heteroatoms. The number of pyridine rings is 1. The van der Waals surface area contributed by atoms with E-state index in [2.05, 4.69) is 10.3 Å². The highest BCUT2D eigenvalue weighted by Crippen LogP contribution is 2.43. The number of nitrogens with one attached hydrogen (secondary N) is 1. The van der Waals surface area contributed by atoms with E-state index in [1.807, 2.05) is 32.0 Å². The van der Waals surface area contributed by atoms with E-state index in [4.69, 9.17) is 14.9 Å². The molecule has 0 saturated heterocycles. The Bertz CT molecular complexity index is 1740. The fraction of sp³-hybridized carbons (Fsp3) is 0.138. The summed E-state index contributed by atoms with van der Waals surface area (Å²) in [6.45, 7) is 3.84. The van der Waals surface area contributed by atoms with Crippen LogP contribution in [-0.4, -0.2) is 16.8 Å². The molecular formula is C29H22F3N3O4S. The quantitative estimate of drug-likeness (QED) is 0.218. The molecule has 0 aliphatic carbocycles. The van der Waals surface area contributed by atoms with E-state index in [1.54, 1.807) is 36.4 Å². The summed E-state index contributed by atoms with van der Waals surface area (Å²) in [7, 11) is 0. The first kappa shape index (κ1) is 26.9. The molecule has 3 aromatic heterocycles. The van der Waals surface area contributed by atoms with Crippen molar-refractivity contribution < 1.29 is 31.9 Å². The Hall–Kier alpha value is -4.64. The maximum Gasteiger partial charge on any atom is 0.433 e. The van der Waals surface area contributed by atoms with Gasteiger partial charge in [0.05, 0.1) is 5.69 Å². The van der Waals surface area contributed by atoms with Crippen LogP contribution in [0.25, 0.3) is 21.3 Å². The molecule has 2 amide bonds. The standard InChI is InChI=1S/C29H22F3N3O4S/c1-15-6-8-17(9-7-15)20-13-22(29(30,31)32)34-28-23(20)24(25(40-28)26(33)36)35-27(37)21-11-10-19(39-21)14-38-18-5-3-4-16(2)12-18/h3-13H,14H2,1-2H3,(H2,33,36)(H,35,37). The first-order chi connectivity index (χ1) is 19.0. The summed E-state index contributed by atoms with van der Waals surface area (Å²) in [6.07, 6.45) is -4.74. The first-order valence-electron chi connectivity index (χ1n) is 12.0. The van der Waals surface area contributed by atoms with Crippen LogP contribution in [0.5, 0.6) is 5.75 Å². The Morgan fingerprint density at radius 1 is 1.02 bits per heavy atom. The van der Waals surface area contributed by atoms with Gasteiger partial charge in [-0.2, -0.15) is 13.2 Å². The summed E-state index contributed by atoms with van der Waals surface area (Å²) in [4.78, 5) is 29.0. The minimum absolute atomic E-state index is 0.0386. The van der Waals surface area contributed by atoms with E-state index < -0.39 is 23.7 Å². The van der Waals surface area contributed by atoms with Gasteiger partial charge in [-0.1, -0.05) is 42.0 Å². The number of amides is 2. The number of thiophene rings is 1. The molecular weight excluding hydrogens is 543 g/mol. The lowest BCUT2D eigenvalue weighted by atomic mass is 10.00. The molecule has 5 aromatic rings. The number of carbonyl (C=O) groups is 2. The van der Waals surface area contributed by atoms with Gasteiger partial charge in [0.15, 0.2) is 5.76 Å². The Morgan fingerprint density at radius 2 is 1.77 bits per heavy atom. The monoisotopic (exact) mass is 565 g/mol. The van der Waals surface area contributed by atoms with Gasteiger partial charge in [-0.15, -0.1) is 11.3 Å². The minimum atomic E-state index is -4.74. The number of ether oxygens (including phenoxy) is 1. The van der Waals surface area contributed by atoms with Gasteiger partial charge in [0, 0.05) is 5.39 Å². The summed E-state index contributed by atoms with van der Waals surface area (Å²) in [6, 6.07) is 18.1. The molecule has 2 aromatic carbocycles. The van der Waals surface area contributed by atoms with Gasteiger partial charge < -0.3 is 20.2 Å². The summed E-state index contributed by atoms with van der Waals surface area (Å²) in [5.41, 5.74) is 6.91. The second kappa shape index (κ2) is 10.5. The predicted octanol–water partition coefficient (Wildman–Crippen LogP) is 7.12. The van der Waals surface area contributed by atoms with E-state index >= 15 is 0 Å². The van der Waals surface area contributed by atoms with Crippen LogP contribution >= 0.6 is 11.3 Å². The molecule has 7 nitrogen and oxygen atoms in total. The molecule has 3 N–H and O–H groups in total. The van der Waals surface area contributed by atoms with Crippen LogP contribution in [0.2, 0.25) is 0 Å². The van der Waals surface area contributed by atoms with Gasteiger partial charge in [-0.05, 0) is 60.9 Å². The van der Waals surface area contributed by atoms with Crippen molar-refractivity contribution in [3.05, 3.63) is 99.9 Å². The number of rotatable bonds is 7. The van der Waals surface area contributed by atoms with Gasteiger partial charge in [0.1, 0.15) is 33.5 Å². The SMILES string of the molecule is Cc1ccc(-c2cc(C(F)(F)F)nc3sc(C(N)=O)c(NC(=O)c4ccc(COc5cccc(C)c5)o4)c23)cc1.